The summed E-state index contributed by atoms with van der Waals surface area (Å²) in [5.41, 5.74) is 0. The van der Waals surface area contributed by atoms with Gasteiger partial charge in [-0.3, -0.25) is 0 Å². The molecule has 0 aliphatic rings. The van der Waals surface area contributed by atoms with Crippen LogP contribution in [-0.2, 0) is 9.47 Å². The Morgan fingerprint density at radius 3 is 1.25 bits per heavy atom. The second kappa shape index (κ2) is 31.2. The van der Waals surface area contributed by atoms with Crippen molar-refractivity contribution < 1.29 is 14.3 Å². The van der Waals surface area contributed by atoms with Gasteiger partial charge in [0.05, 0.1) is 6.61 Å². The summed E-state index contributed by atoms with van der Waals surface area (Å²) in [5.74, 6) is 0. The second-order valence-electron chi connectivity index (χ2n) is 12.7. The molecule has 0 aromatic rings. The summed E-state index contributed by atoms with van der Waals surface area (Å²) >= 11 is 0. The van der Waals surface area contributed by atoms with Crippen LogP contribution in [-0.4, -0.2) is 43.9 Å². The lowest BCUT2D eigenvalue weighted by Crippen LogP contribution is -2.26. The highest BCUT2D eigenvalue weighted by atomic mass is 16.7. The maximum absolute atomic E-state index is 12.1. The average molecular weight is 568 g/mol. The molecule has 0 amide bonds. The first kappa shape index (κ1) is 39.2. The van der Waals surface area contributed by atoms with Gasteiger partial charge in [-0.15, -0.1) is 0 Å². The standard InChI is InChI=1S/C36H73NO3/c1-6-9-10-11-12-13-14-15-16-17-18-19-20-21-22-25-28-31-35(40-36(38)39-33-7-2)32-29-26-23-24-27-30-34(8-3)37(4)5/h34-35H,6-33H2,1-5H3. The van der Waals surface area contributed by atoms with Gasteiger partial charge in [0, 0.05) is 6.04 Å². The fourth-order valence-electron chi connectivity index (χ4n) is 5.82. The molecule has 2 unspecified atom stereocenters. The summed E-state index contributed by atoms with van der Waals surface area (Å²) in [5, 5.41) is 0. The molecule has 0 bridgehead atoms. The van der Waals surface area contributed by atoms with Crippen LogP contribution in [0.25, 0.3) is 0 Å². The van der Waals surface area contributed by atoms with Crippen LogP contribution in [0, 0.1) is 0 Å². The monoisotopic (exact) mass is 568 g/mol. The number of hydrogen-bond acceptors (Lipinski definition) is 4. The highest BCUT2D eigenvalue weighted by Crippen LogP contribution is 2.19. The van der Waals surface area contributed by atoms with Gasteiger partial charge in [0.2, 0.25) is 0 Å². The minimum atomic E-state index is -0.465. The molecule has 240 valence electrons. The van der Waals surface area contributed by atoms with Gasteiger partial charge in [-0.1, -0.05) is 149 Å². The van der Waals surface area contributed by atoms with E-state index in [-0.39, 0.29) is 6.10 Å². The van der Waals surface area contributed by atoms with Gasteiger partial charge in [0.15, 0.2) is 0 Å². The maximum atomic E-state index is 12.1. The molecule has 2 atom stereocenters. The maximum Gasteiger partial charge on any atom is 0.508 e. The zero-order valence-corrected chi connectivity index (χ0v) is 28.1. The van der Waals surface area contributed by atoms with Crippen LogP contribution in [0.15, 0.2) is 0 Å². The van der Waals surface area contributed by atoms with E-state index in [1.54, 1.807) is 0 Å². The van der Waals surface area contributed by atoms with Crippen molar-refractivity contribution in [2.75, 3.05) is 20.7 Å². The third-order valence-electron chi connectivity index (χ3n) is 8.58. The van der Waals surface area contributed by atoms with Gasteiger partial charge in [-0.05, 0) is 59.0 Å². The molecule has 0 rings (SSSR count). The second-order valence-corrected chi connectivity index (χ2v) is 12.7. The van der Waals surface area contributed by atoms with E-state index in [4.69, 9.17) is 9.47 Å². The van der Waals surface area contributed by atoms with Crippen LogP contribution < -0.4 is 0 Å². The summed E-state index contributed by atoms with van der Waals surface area (Å²) < 4.78 is 10.9. The van der Waals surface area contributed by atoms with E-state index < -0.39 is 6.16 Å². The molecule has 0 saturated heterocycles. The summed E-state index contributed by atoms with van der Waals surface area (Å²) in [7, 11) is 4.39. The van der Waals surface area contributed by atoms with Crippen LogP contribution in [0.4, 0.5) is 4.79 Å². The van der Waals surface area contributed by atoms with E-state index >= 15 is 0 Å². The summed E-state index contributed by atoms with van der Waals surface area (Å²) in [6, 6.07) is 0.719. The fourth-order valence-corrected chi connectivity index (χ4v) is 5.82. The first-order chi connectivity index (χ1) is 19.5. The molecule has 0 aliphatic heterocycles. The molecule has 4 heteroatoms. The van der Waals surface area contributed by atoms with Gasteiger partial charge >= 0.3 is 6.16 Å². The Morgan fingerprint density at radius 1 is 0.525 bits per heavy atom. The number of rotatable bonds is 31. The topological polar surface area (TPSA) is 38.8 Å². The SMILES string of the molecule is CCCCCCCCCCCCCCCCCCCC(CCCCCCCC(CC)N(C)C)OC(=O)OCCC. The summed E-state index contributed by atoms with van der Waals surface area (Å²) in [6.45, 7) is 7.05. The lowest BCUT2D eigenvalue weighted by molar-refractivity contribution is 0.0163. The third-order valence-corrected chi connectivity index (χ3v) is 8.58. The first-order valence-electron chi connectivity index (χ1n) is 18.0. The predicted molar refractivity (Wildman–Crippen MR) is 175 cm³/mol. The Bertz CT molecular complexity index is 510. The van der Waals surface area contributed by atoms with Gasteiger partial charge in [-0.2, -0.15) is 0 Å². The van der Waals surface area contributed by atoms with E-state index in [2.05, 4.69) is 32.8 Å². The predicted octanol–water partition coefficient (Wildman–Crippen LogP) is 12.0. The van der Waals surface area contributed by atoms with Crippen LogP contribution in [0.5, 0.6) is 0 Å². The minimum Gasteiger partial charge on any atom is -0.434 e. The van der Waals surface area contributed by atoms with E-state index in [0.29, 0.717) is 6.61 Å². The van der Waals surface area contributed by atoms with Crippen molar-refractivity contribution in [1.29, 1.82) is 0 Å². The minimum absolute atomic E-state index is 0.0268. The van der Waals surface area contributed by atoms with Crippen molar-refractivity contribution in [2.45, 2.75) is 206 Å². The molecule has 40 heavy (non-hydrogen) atoms. The van der Waals surface area contributed by atoms with Gasteiger partial charge < -0.3 is 14.4 Å². The molecule has 0 fully saturated rings. The van der Waals surface area contributed by atoms with Crippen molar-refractivity contribution in [2.24, 2.45) is 0 Å². The number of unbranched alkanes of at least 4 members (excludes halogenated alkanes) is 20. The Hall–Kier alpha value is -0.770. The van der Waals surface area contributed by atoms with E-state index in [0.717, 1.165) is 38.1 Å². The molecule has 0 aromatic carbocycles. The largest absolute Gasteiger partial charge is 0.508 e. The van der Waals surface area contributed by atoms with Crippen molar-refractivity contribution in [3.63, 3.8) is 0 Å². The number of hydrogen-bond donors (Lipinski definition) is 0. The van der Waals surface area contributed by atoms with Crippen molar-refractivity contribution in [3.8, 4) is 0 Å². The lowest BCUT2D eigenvalue weighted by Gasteiger charge is -2.22. The smallest absolute Gasteiger partial charge is 0.434 e. The molecule has 0 radical (unpaired) electrons. The molecule has 0 aromatic heterocycles. The molecular formula is C36H73NO3. The zero-order chi connectivity index (χ0) is 29.5. The number of carbonyl (C=O) groups is 1. The molecule has 4 nitrogen and oxygen atoms in total. The molecule has 0 heterocycles. The quantitative estimate of drug-likeness (QED) is 0.0617. The highest BCUT2D eigenvalue weighted by molar-refractivity contribution is 5.60. The molecule has 0 aliphatic carbocycles. The van der Waals surface area contributed by atoms with E-state index in [1.165, 1.54) is 141 Å². The highest BCUT2D eigenvalue weighted by Gasteiger charge is 2.15. The number of nitrogens with zero attached hydrogens (tertiary/aromatic N) is 1. The molecular weight excluding hydrogens is 494 g/mol. The van der Waals surface area contributed by atoms with Crippen LogP contribution in [0.3, 0.4) is 0 Å². The first-order valence-corrected chi connectivity index (χ1v) is 18.0. The zero-order valence-electron chi connectivity index (χ0n) is 28.1. The fraction of sp³-hybridized carbons (Fsp3) is 0.972. The molecule has 0 saturated carbocycles. The Labute approximate surface area is 252 Å². The average Bonchev–Trinajstić information content (AvgIpc) is 2.94. The van der Waals surface area contributed by atoms with E-state index in [1.807, 2.05) is 6.92 Å². The molecule has 0 spiro atoms. The van der Waals surface area contributed by atoms with Gasteiger partial charge in [-0.25, -0.2) is 4.79 Å². The Morgan fingerprint density at radius 2 is 0.900 bits per heavy atom. The summed E-state index contributed by atoms with van der Waals surface area (Å²) in [4.78, 5) is 14.4. The third kappa shape index (κ3) is 27.4. The normalized spacial score (nSPS) is 13.1. The van der Waals surface area contributed by atoms with Crippen LogP contribution >= 0.6 is 0 Å². The Balaban J connectivity index is 3.82. The molecule has 0 N–H and O–H groups in total. The van der Waals surface area contributed by atoms with Crippen molar-refractivity contribution in [3.05, 3.63) is 0 Å². The Kier molecular flexibility index (Phi) is 30.6. The lowest BCUT2D eigenvalue weighted by atomic mass is 10.0. The van der Waals surface area contributed by atoms with Gasteiger partial charge in [0.25, 0.3) is 0 Å². The van der Waals surface area contributed by atoms with Crippen molar-refractivity contribution in [1.82, 2.24) is 4.90 Å². The van der Waals surface area contributed by atoms with Crippen molar-refractivity contribution >= 4 is 6.16 Å². The summed E-state index contributed by atoms with van der Waals surface area (Å²) in [6.07, 6.45) is 34.8. The van der Waals surface area contributed by atoms with E-state index in [9.17, 15) is 4.79 Å². The number of carbonyl (C=O) groups excluding carboxylic acids is 1. The number of ether oxygens (including phenoxy) is 2. The van der Waals surface area contributed by atoms with Crippen LogP contribution in [0.1, 0.15) is 194 Å². The van der Waals surface area contributed by atoms with Gasteiger partial charge in [0.1, 0.15) is 6.10 Å². The van der Waals surface area contributed by atoms with Crippen LogP contribution in [0.2, 0.25) is 0 Å².